The maximum Gasteiger partial charge on any atom is 0.310 e. The summed E-state index contributed by atoms with van der Waals surface area (Å²) in [5, 5.41) is 1.99. The summed E-state index contributed by atoms with van der Waals surface area (Å²) in [5.74, 6) is -1.37. The van der Waals surface area contributed by atoms with Gasteiger partial charge in [-0.05, 0) is 34.5 Å². The zero-order valence-electron chi connectivity index (χ0n) is 14.2. The molecule has 0 atom stereocenters. The highest BCUT2D eigenvalue weighted by atomic mass is 19.1. The third kappa shape index (κ3) is 3.88. The Hall–Kier alpha value is -3.21. The van der Waals surface area contributed by atoms with Crippen LogP contribution in [0.5, 0.6) is 5.75 Å². The molecule has 0 aromatic heterocycles. The minimum absolute atomic E-state index is 0.0467. The van der Waals surface area contributed by atoms with E-state index < -0.39 is 24.2 Å². The standard InChI is InChI=1S/C21H17FO4/c1-25-20-10-9-16(22)12-18(20)19(23)13-26-21(24)11-15-7-4-6-14-5-2-3-8-17(14)15/h2-10,12H,11,13H2,1H3. The first-order valence-electron chi connectivity index (χ1n) is 8.07. The van der Waals surface area contributed by atoms with E-state index in [1.54, 1.807) is 0 Å². The first kappa shape index (κ1) is 17.6. The molecular formula is C21H17FO4. The summed E-state index contributed by atoms with van der Waals surface area (Å²) >= 11 is 0. The highest BCUT2D eigenvalue weighted by Crippen LogP contribution is 2.21. The predicted molar refractivity (Wildman–Crippen MR) is 95.9 cm³/mol. The van der Waals surface area contributed by atoms with E-state index in [0.29, 0.717) is 0 Å². The summed E-state index contributed by atoms with van der Waals surface area (Å²) in [4.78, 5) is 24.4. The molecule has 0 aliphatic carbocycles. The molecule has 0 heterocycles. The Labute approximate surface area is 150 Å². The lowest BCUT2D eigenvalue weighted by molar-refractivity contribution is -0.141. The summed E-state index contributed by atoms with van der Waals surface area (Å²) in [6, 6.07) is 17.0. The van der Waals surface area contributed by atoms with Crippen LogP contribution >= 0.6 is 0 Å². The third-order valence-electron chi connectivity index (χ3n) is 4.04. The van der Waals surface area contributed by atoms with Gasteiger partial charge in [-0.1, -0.05) is 42.5 Å². The van der Waals surface area contributed by atoms with E-state index >= 15 is 0 Å². The molecule has 0 saturated carbocycles. The number of benzene rings is 3. The van der Waals surface area contributed by atoms with Crippen molar-refractivity contribution in [2.24, 2.45) is 0 Å². The third-order valence-corrected chi connectivity index (χ3v) is 4.04. The summed E-state index contributed by atoms with van der Waals surface area (Å²) in [5.41, 5.74) is 0.870. The summed E-state index contributed by atoms with van der Waals surface area (Å²) in [6.07, 6.45) is 0.0505. The molecule has 0 radical (unpaired) electrons. The Morgan fingerprint density at radius 1 is 1.00 bits per heavy atom. The number of Topliss-reactive ketones (excluding diaryl/α,β-unsaturated/α-hetero) is 1. The van der Waals surface area contributed by atoms with Gasteiger partial charge in [-0.3, -0.25) is 9.59 Å². The van der Waals surface area contributed by atoms with Gasteiger partial charge in [-0.15, -0.1) is 0 Å². The first-order valence-corrected chi connectivity index (χ1v) is 8.07. The van der Waals surface area contributed by atoms with Crippen LogP contribution in [0, 0.1) is 5.82 Å². The van der Waals surface area contributed by atoms with E-state index in [1.807, 2.05) is 42.5 Å². The van der Waals surface area contributed by atoms with Crippen LogP contribution in [0.4, 0.5) is 4.39 Å². The molecule has 0 aliphatic rings. The van der Waals surface area contributed by atoms with Crippen LogP contribution < -0.4 is 4.74 Å². The molecule has 0 fully saturated rings. The van der Waals surface area contributed by atoms with Gasteiger partial charge in [0.25, 0.3) is 0 Å². The highest BCUT2D eigenvalue weighted by Gasteiger charge is 2.16. The topological polar surface area (TPSA) is 52.6 Å². The van der Waals surface area contributed by atoms with Gasteiger partial charge in [-0.25, -0.2) is 4.39 Å². The number of carbonyl (C=O) groups excluding carboxylic acids is 2. The van der Waals surface area contributed by atoms with Crippen LogP contribution in [-0.4, -0.2) is 25.5 Å². The molecule has 5 heteroatoms. The summed E-state index contributed by atoms with van der Waals surface area (Å²) in [7, 11) is 1.39. The van der Waals surface area contributed by atoms with Crippen molar-refractivity contribution in [3.05, 3.63) is 77.6 Å². The number of rotatable bonds is 6. The van der Waals surface area contributed by atoms with Crippen molar-refractivity contribution in [1.29, 1.82) is 0 Å². The molecule has 26 heavy (non-hydrogen) atoms. The number of ether oxygens (including phenoxy) is 2. The van der Waals surface area contributed by atoms with Crippen molar-refractivity contribution in [2.45, 2.75) is 6.42 Å². The Morgan fingerprint density at radius 3 is 2.58 bits per heavy atom. The second-order valence-corrected chi connectivity index (χ2v) is 5.74. The van der Waals surface area contributed by atoms with Gasteiger partial charge < -0.3 is 9.47 Å². The molecule has 3 aromatic rings. The van der Waals surface area contributed by atoms with Crippen LogP contribution in [0.25, 0.3) is 10.8 Å². The van der Waals surface area contributed by atoms with Crippen LogP contribution in [0.3, 0.4) is 0 Å². The predicted octanol–water partition coefficient (Wildman–Crippen LogP) is 3.96. The second-order valence-electron chi connectivity index (χ2n) is 5.74. The first-order chi connectivity index (χ1) is 12.6. The molecule has 3 rings (SSSR count). The minimum atomic E-state index is -0.559. The van der Waals surface area contributed by atoms with Gasteiger partial charge in [0.15, 0.2) is 6.61 Å². The molecule has 0 spiro atoms. The van der Waals surface area contributed by atoms with E-state index in [2.05, 4.69) is 0 Å². The number of ketones is 1. The molecule has 3 aromatic carbocycles. The summed E-state index contributed by atoms with van der Waals surface area (Å²) < 4.78 is 23.5. The van der Waals surface area contributed by atoms with Crippen LogP contribution in [0.1, 0.15) is 15.9 Å². The Kier molecular flexibility index (Phi) is 5.27. The van der Waals surface area contributed by atoms with Crippen molar-refractivity contribution in [2.75, 3.05) is 13.7 Å². The van der Waals surface area contributed by atoms with Gasteiger partial charge in [0, 0.05) is 0 Å². The van der Waals surface area contributed by atoms with Gasteiger partial charge in [0.1, 0.15) is 11.6 Å². The fraction of sp³-hybridized carbons (Fsp3) is 0.143. The van der Waals surface area contributed by atoms with E-state index in [0.717, 1.165) is 22.4 Å². The number of methoxy groups -OCH3 is 1. The average molecular weight is 352 g/mol. The van der Waals surface area contributed by atoms with Crippen LogP contribution in [-0.2, 0) is 16.0 Å². The quantitative estimate of drug-likeness (QED) is 0.498. The van der Waals surface area contributed by atoms with Crippen molar-refractivity contribution in [1.82, 2.24) is 0 Å². The largest absolute Gasteiger partial charge is 0.496 e. The van der Waals surface area contributed by atoms with Crippen molar-refractivity contribution in [3.8, 4) is 5.75 Å². The fourth-order valence-corrected chi connectivity index (χ4v) is 2.78. The lowest BCUT2D eigenvalue weighted by atomic mass is 10.0. The average Bonchev–Trinajstić information content (AvgIpc) is 2.66. The van der Waals surface area contributed by atoms with Crippen LogP contribution in [0.15, 0.2) is 60.7 Å². The van der Waals surface area contributed by atoms with Gasteiger partial charge in [0.05, 0.1) is 19.1 Å². The lowest BCUT2D eigenvalue weighted by Crippen LogP contribution is -2.16. The van der Waals surface area contributed by atoms with Crippen molar-refractivity contribution >= 4 is 22.5 Å². The fourth-order valence-electron chi connectivity index (χ4n) is 2.78. The van der Waals surface area contributed by atoms with Crippen LogP contribution in [0.2, 0.25) is 0 Å². The minimum Gasteiger partial charge on any atom is -0.496 e. The molecule has 4 nitrogen and oxygen atoms in total. The Balaban J connectivity index is 1.67. The zero-order chi connectivity index (χ0) is 18.5. The van der Waals surface area contributed by atoms with Crippen molar-refractivity contribution < 1.29 is 23.5 Å². The van der Waals surface area contributed by atoms with Gasteiger partial charge >= 0.3 is 5.97 Å². The lowest BCUT2D eigenvalue weighted by Gasteiger charge is -2.09. The number of fused-ring (bicyclic) bond motifs is 1. The molecule has 0 unspecified atom stereocenters. The maximum absolute atomic E-state index is 13.4. The molecular weight excluding hydrogens is 335 g/mol. The number of carbonyl (C=O) groups is 2. The van der Waals surface area contributed by atoms with Gasteiger partial charge in [-0.2, -0.15) is 0 Å². The summed E-state index contributed by atoms with van der Waals surface area (Å²) in [6.45, 7) is -0.469. The molecule has 0 aliphatic heterocycles. The molecule has 0 bridgehead atoms. The normalized spacial score (nSPS) is 10.5. The second kappa shape index (κ2) is 7.78. The number of halogens is 1. The number of hydrogen-bond donors (Lipinski definition) is 0. The van der Waals surface area contributed by atoms with Crippen molar-refractivity contribution in [3.63, 3.8) is 0 Å². The monoisotopic (exact) mass is 352 g/mol. The maximum atomic E-state index is 13.4. The van der Waals surface area contributed by atoms with Gasteiger partial charge in [0.2, 0.25) is 5.78 Å². The van der Waals surface area contributed by atoms with E-state index in [1.165, 1.54) is 19.2 Å². The molecule has 0 saturated heterocycles. The van der Waals surface area contributed by atoms with E-state index in [9.17, 15) is 14.0 Å². The smallest absolute Gasteiger partial charge is 0.310 e. The number of hydrogen-bond acceptors (Lipinski definition) is 4. The Morgan fingerprint density at radius 2 is 1.77 bits per heavy atom. The molecule has 0 N–H and O–H groups in total. The zero-order valence-corrected chi connectivity index (χ0v) is 14.2. The van der Waals surface area contributed by atoms with E-state index in [-0.39, 0.29) is 17.7 Å². The highest BCUT2D eigenvalue weighted by molar-refractivity contribution is 6.00. The molecule has 132 valence electrons. The number of esters is 1. The van der Waals surface area contributed by atoms with E-state index in [4.69, 9.17) is 9.47 Å². The SMILES string of the molecule is COc1ccc(F)cc1C(=O)COC(=O)Cc1cccc2ccccc12. The molecule has 0 amide bonds. The Bertz CT molecular complexity index is 960.